The topological polar surface area (TPSA) is 237 Å². The maximum absolute atomic E-state index is 13.0. The summed E-state index contributed by atoms with van der Waals surface area (Å²) in [5, 5.41) is 55.6. The van der Waals surface area contributed by atoms with Crippen molar-refractivity contribution < 1.29 is 49.5 Å². The van der Waals surface area contributed by atoms with Gasteiger partial charge in [0, 0.05) is 18.6 Å². The van der Waals surface area contributed by atoms with Crippen LogP contribution in [0, 0.1) is 46.3 Å². The van der Waals surface area contributed by atoms with Gasteiger partial charge in [-0.05, 0) is 104 Å². The minimum atomic E-state index is -1.27. The molecule has 4 saturated carbocycles. The summed E-state index contributed by atoms with van der Waals surface area (Å²) in [4.78, 5) is 60.0. The van der Waals surface area contributed by atoms with Crippen LogP contribution in [0.25, 0.3) is 0 Å². The van der Waals surface area contributed by atoms with Gasteiger partial charge in [-0.3, -0.25) is 24.0 Å². The van der Waals surface area contributed by atoms with Gasteiger partial charge in [0.05, 0.1) is 18.3 Å². The number of rotatable bonds is 14. The molecule has 0 aromatic carbocycles. The average Bonchev–Trinajstić information content (AvgIpc) is 3.39. The molecule has 0 aromatic heterocycles. The first kappa shape index (κ1) is 38.5. The first-order valence-electron chi connectivity index (χ1n) is 17.5. The third-order valence-electron chi connectivity index (χ3n) is 12.8. The summed E-state index contributed by atoms with van der Waals surface area (Å²) < 4.78 is 0. The van der Waals surface area contributed by atoms with Crippen molar-refractivity contribution >= 4 is 40.6 Å². The van der Waals surface area contributed by atoms with Gasteiger partial charge in [0.2, 0.25) is 11.8 Å². The molecule has 4 rings (SSSR count). The summed E-state index contributed by atoms with van der Waals surface area (Å²) in [6, 6.07) is -2.44. The highest BCUT2D eigenvalue weighted by Crippen LogP contribution is 2.68. The number of fused-ring (bicyclic) bond motifs is 5. The van der Waals surface area contributed by atoms with Gasteiger partial charge >= 0.3 is 11.9 Å². The van der Waals surface area contributed by atoms with Crippen LogP contribution >= 0.6 is 11.8 Å². The first-order chi connectivity index (χ1) is 22.5. The lowest BCUT2D eigenvalue weighted by molar-refractivity contribution is -0.223. The first-order valence-corrected chi connectivity index (χ1v) is 18.4. The van der Waals surface area contributed by atoms with Gasteiger partial charge in [0.15, 0.2) is 5.12 Å². The fourth-order valence-corrected chi connectivity index (χ4v) is 11.0. The molecule has 0 radical (unpaired) electrons. The molecule has 0 heterocycles. The highest BCUT2D eigenvalue weighted by atomic mass is 32.2. The Morgan fingerprint density at radius 1 is 0.875 bits per heavy atom. The Balaban J connectivity index is 1.33. The van der Waals surface area contributed by atoms with Gasteiger partial charge in [-0.25, -0.2) is 0 Å². The van der Waals surface area contributed by atoms with Crippen LogP contribution in [0.4, 0.5) is 0 Å². The van der Waals surface area contributed by atoms with Crippen LogP contribution in [0.15, 0.2) is 0 Å². The summed E-state index contributed by atoms with van der Waals surface area (Å²) >= 11 is 0.891. The number of nitrogens with two attached hydrogens (primary N) is 1. The molecule has 0 unspecified atom stereocenters. The predicted molar refractivity (Wildman–Crippen MR) is 177 cm³/mol. The number of carbonyl (C=O) groups is 5. The summed E-state index contributed by atoms with van der Waals surface area (Å²) in [6.45, 7) is 6.09. The largest absolute Gasteiger partial charge is 0.480 e. The Morgan fingerprint density at radius 2 is 1.54 bits per heavy atom. The van der Waals surface area contributed by atoms with E-state index in [1.807, 2.05) is 0 Å². The number of nitrogens with one attached hydrogen (secondary N) is 2. The lowest BCUT2D eigenvalue weighted by atomic mass is 9.43. The number of aliphatic hydroxyl groups excluding tert-OH is 3. The zero-order valence-corrected chi connectivity index (χ0v) is 29.1. The van der Waals surface area contributed by atoms with Crippen LogP contribution in [0.1, 0.15) is 91.4 Å². The molecule has 48 heavy (non-hydrogen) atoms. The molecule has 4 aliphatic carbocycles. The number of aliphatic carboxylic acids is 2. The molecule has 2 amide bonds. The van der Waals surface area contributed by atoms with Crippen molar-refractivity contribution in [3.05, 3.63) is 0 Å². The number of amides is 2. The minimum Gasteiger partial charge on any atom is -0.480 e. The predicted octanol–water partition coefficient (Wildman–Crippen LogP) is 1.50. The van der Waals surface area contributed by atoms with Crippen LogP contribution in [0.2, 0.25) is 0 Å². The number of thioether (sulfide) groups is 1. The van der Waals surface area contributed by atoms with E-state index in [9.17, 15) is 39.3 Å². The van der Waals surface area contributed by atoms with Crippen molar-refractivity contribution in [2.45, 2.75) is 122 Å². The average molecular weight is 698 g/mol. The van der Waals surface area contributed by atoms with Gasteiger partial charge in [-0.15, -0.1) is 0 Å². The fourth-order valence-electron chi connectivity index (χ4n) is 10.2. The molecule has 9 N–H and O–H groups in total. The molecular weight excluding hydrogens is 642 g/mol. The van der Waals surface area contributed by atoms with Crippen LogP contribution < -0.4 is 16.4 Å². The van der Waals surface area contributed by atoms with E-state index in [0.29, 0.717) is 24.7 Å². The molecule has 0 aliphatic heterocycles. The highest BCUT2D eigenvalue weighted by Gasteiger charge is 2.65. The van der Waals surface area contributed by atoms with Crippen molar-refractivity contribution in [1.82, 2.24) is 10.6 Å². The number of carboxylic acids is 2. The van der Waals surface area contributed by atoms with Crippen molar-refractivity contribution in [2.75, 3.05) is 12.3 Å². The summed E-state index contributed by atoms with van der Waals surface area (Å²) in [5.74, 6) is -3.02. The molecule has 0 bridgehead atoms. The van der Waals surface area contributed by atoms with Gasteiger partial charge in [-0.2, -0.15) is 0 Å². The Morgan fingerprint density at radius 3 is 2.21 bits per heavy atom. The van der Waals surface area contributed by atoms with Gasteiger partial charge in [-0.1, -0.05) is 32.5 Å². The smallest absolute Gasteiger partial charge is 0.322 e. The number of aliphatic hydroxyl groups is 3. The molecule has 0 saturated heterocycles. The molecule has 13 nitrogen and oxygen atoms in total. The zero-order valence-electron chi connectivity index (χ0n) is 28.3. The Kier molecular flexibility index (Phi) is 12.6. The SMILES string of the molecule is C[C@H](CCC(=O)SC[C@H](NC(=O)CC[C@H](N)C(=O)O)C(=O)NCC(=O)O)[C@H]1CC[C@H]2[C@@H]3[C@@H](O)[C@@H](O)[C@@H]4C[C@H](O)CC[C@]4(C)[C@H]3CC[C@]12C. The molecule has 13 atom stereocenters. The van der Waals surface area contributed by atoms with E-state index >= 15 is 0 Å². The highest BCUT2D eigenvalue weighted by molar-refractivity contribution is 8.13. The molecule has 0 spiro atoms. The second kappa shape index (κ2) is 15.7. The molecule has 4 fully saturated rings. The number of carbonyl (C=O) groups excluding carboxylic acids is 3. The van der Waals surface area contributed by atoms with Crippen molar-refractivity contribution in [3.8, 4) is 0 Å². The number of hydrogen-bond donors (Lipinski definition) is 8. The molecule has 0 aromatic rings. The van der Waals surface area contributed by atoms with E-state index in [0.717, 1.165) is 50.3 Å². The van der Waals surface area contributed by atoms with Crippen LogP contribution in [-0.2, 0) is 24.0 Å². The minimum absolute atomic E-state index is 0.00362. The third kappa shape index (κ3) is 8.20. The van der Waals surface area contributed by atoms with Gasteiger partial charge < -0.3 is 41.9 Å². The third-order valence-corrected chi connectivity index (χ3v) is 13.8. The Hall–Kier alpha value is -2.26. The van der Waals surface area contributed by atoms with E-state index in [1.165, 1.54) is 0 Å². The molecule has 272 valence electrons. The van der Waals surface area contributed by atoms with Crippen molar-refractivity contribution in [1.29, 1.82) is 0 Å². The monoisotopic (exact) mass is 697 g/mol. The van der Waals surface area contributed by atoms with Crippen molar-refractivity contribution in [3.63, 3.8) is 0 Å². The lowest BCUT2D eigenvalue weighted by Gasteiger charge is -2.63. The summed E-state index contributed by atoms with van der Waals surface area (Å²) in [5.41, 5.74) is 5.32. The number of hydrogen-bond acceptors (Lipinski definition) is 10. The van der Waals surface area contributed by atoms with Crippen LogP contribution in [0.3, 0.4) is 0 Å². The van der Waals surface area contributed by atoms with Crippen LogP contribution in [-0.4, -0.2) is 97.1 Å². The maximum Gasteiger partial charge on any atom is 0.322 e. The summed E-state index contributed by atoms with van der Waals surface area (Å²) in [6.07, 6.45) is 4.46. The van der Waals surface area contributed by atoms with E-state index < -0.39 is 60.7 Å². The van der Waals surface area contributed by atoms with Crippen LogP contribution in [0.5, 0.6) is 0 Å². The molecular formula is C34H55N3O10S. The molecule has 14 heteroatoms. The van der Waals surface area contributed by atoms with Gasteiger partial charge in [0.25, 0.3) is 0 Å². The molecule has 4 aliphatic rings. The van der Waals surface area contributed by atoms with E-state index in [1.54, 1.807) is 0 Å². The van der Waals surface area contributed by atoms with E-state index in [4.69, 9.17) is 15.9 Å². The van der Waals surface area contributed by atoms with E-state index in [2.05, 4.69) is 31.4 Å². The second-order valence-corrected chi connectivity index (χ2v) is 16.5. The quantitative estimate of drug-likeness (QED) is 0.129. The van der Waals surface area contributed by atoms with Gasteiger partial charge in [0.1, 0.15) is 18.6 Å². The van der Waals surface area contributed by atoms with Crippen molar-refractivity contribution in [2.24, 2.45) is 52.1 Å². The Labute approximate surface area is 286 Å². The normalized spacial score (nSPS) is 37.6. The Bertz CT molecular complexity index is 1220. The zero-order chi connectivity index (χ0) is 35.6. The standard InChI is InChI=1S/C34H55N3O10S/c1-17(4-9-27(42)48-16-24(31(45)36-15-26(40)41)37-25(39)8-7-23(35)32(46)47)19-5-6-20-28-21(11-13-33(19,20)2)34(3)12-10-18(38)14-22(34)29(43)30(28)44/h17-24,28-30,38,43-44H,4-16,35H2,1-3H3,(H,36,45)(H,37,39)(H,40,41)(H,46,47)/t17-,18-,19-,20+,21+,22+,23+,24+,28+,29+,30-,33-,34-/m1/s1. The fraction of sp³-hybridized carbons (Fsp3) is 0.853. The maximum atomic E-state index is 13.0. The lowest BCUT2D eigenvalue weighted by Crippen LogP contribution is -2.64. The summed E-state index contributed by atoms with van der Waals surface area (Å²) in [7, 11) is 0. The number of carboxylic acid groups (broad SMARTS) is 2. The van der Waals surface area contributed by atoms with E-state index in [-0.39, 0.29) is 64.6 Å². The second-order valence-electron chi connectivity index (χ2n) is 15.5.